The Morgan fingerprint density at radius 2 is 1.25 bits per heavy atom. The van der Waals surface area contributed by atoms with Gasteiger partial charge in [-0.25, -0.2) is 0 Å². The van der Waals surface area contributed by atoms with E-state index < -0.39 is 0 Å². The molecule has 0 spiro atoms. The van der Waals surface area contributed by atoms with E-state index in [1.54, 1.807) is 0 Å². The Morgan fingerprint density at radius 3 is 1.25 bits per heavy atom. The summed E-state index contributed by atoms with van der Waals surface area (Å²) < 4.78 is 0. The third kappa shape index (κ3) is 8.82. The van der Waals surface area contributed by atoms with Crippen LogP contribution in [0.5, 0.6) is 0 Å². The quantitative estimate of drug-likeness (QED) is 0.523. The molecule has 0 saturated heterocycles. The van der Waals surface area contributed by atoms with Crippen molar-refractivity contribution in [2.75, 3.05) is 0 Å². The molecular weight excluding hydrogens is 211 g/mol. The van der Waals surface area contributed by atoms with E-state index in [1.807, 2.05) is 0 Å². The molecule has 4 heavy (non-hydrogen) atoms. The third-order valence-corrected chi connectivity index (χ3v) is 0. The second-order valence-electron chi connectivity index (χ2n) is 0. The smallest absolute Gasteiger partial charge is 1.00 e. The first kappa shape index (κ1) is 30.9. The molecule has 0 aromatic carbocycles. The van der Waals surface area contributed by atoms with Crippen molar-refractivity contribution in [1.82, 2.24) is 0 Å². The maximum atomic E-state index is 0. The zero-order valence-electron chi connectivity index (χ0n) is 3.62. The van der Waals surface area contributed by atoms with Crippen LogP contribution < -0.4 is 0 Å². The minimum atomic E-state index is 0. The van der Waals surface area contributed by atoms with E-state index in [0.717, 1.165) is 0 Å². The maximum absolute atomic E-state index is 0. The first-order valence-electron chi connectivity index (χ1n) is 0. The van der Waals surface area contributed by atoms with Crippen molar-refractivity contribution in [3.05, 3.63) is 0 Å². The molecule has 0 amide bonds. The first-order valence-corrected chi connectivity index (χ1v) is 0. The van der Waals surface area contributed by atoms with Crippen molar-refractivity contribution in [2.45, 2.75) is 7.43 Å². The van der Waals surface area contributed by atoms with E-state index in [1.165, 1.54) is 0 Å². The fraction of sp³-hybridized carbons (Fsp3) is 1.00. The summed E-state index contributed by atoms with van der Waals surface area (Å²) in [4.78, 5) is 0. The van der Waals surface area contributed by atoms with Gasteiger partial charge in [0.1, 0.15) is 0 Å². The predicted octanol–water partition coefficient (Wildman–Crippen LogP) is 0.633. The molecule has 0 radical (unpaired) electrons. The van der Waals surface area contributed by atoms with Crippen molar-refractivity contribution in [2.24, 2.45) is 0 Å². The standard InChI is InChI=1S/CH4.Ca.Ce.FH.2H/h1H4;;;1H;;/q;+2;;;2*-1. The number of hydrogen-bond acceptors (Lipinski definition) is 0. The van der Waals surface area contributed by atoms with Crippen LogP contribution in [0.15, 0.2) is 0 Å². The SMILES string of the molecule is C.F.[Ca+2].[Ce].[H-].[H-]. The molecule has 0 aliphatic heterocycles. The van der Waals surface area contributed by atoms with Gasteiger partial charge >= 0.3 is 37.7 Å². The second kappa shape index (κ2) is 17.6. The molecule has 0 aromatic heterocycles. The van der Waals surface area contributed by atoms with E-state index in [2.05, 4.69) is 0 Å². The van der Waals surface area contributed by atoms with Crippen molar-refractivity contribution < 1.29 is 49.3 Å². The summed E-state index contributed by atoms with van der Waals surface area (Å²) >= 11 is 0. The van der Waals surface area contributed by atoms with Crippen LogP contribution in [0.2, 0.25) is 0 Å². The molecule has 0 aliphatic rings. The Kier molecular flexibility index (Phi) is 136. The zero-order chi connectivity index (χ0) is 0. The molecule has 0 heterocycles. The second-order valence-corrected chi connectivity index (χ2v) is 0. The van der Waals surface area contributed by atoms with Crippen LogP contribution in [0.3, 0.4) is 0 Å². The average Bonchev–Trinajstić information content (AvgIpc) is 0. The van der Waals surface area contributed by atoms with E-state index in [9.17, 15) is 0 Å². The predicted molar refractivity (Wildman–Crippen MR) is 17.2 cm³/mol. The van der Waals surface area contributed by atoms with Gasteiger partial charge in [0.05, 0.1) is 0 Å². The Bertz CT molecular complexity index is 13.5. The molecule has 0 aliphatic carbocycles. The largest absolute Gasteiger partial charge is 2.00 e. The van der Waals surface area contributed by atoms with E-state index >= 15 is 0 Å². The Balaban J connectivity index is 0. The summed E-state index contributed by atoms with van der Waals surface area (Å²) in [6.07, 6.45) is 0. The van der Waals surface area contributed by atoms with Crippen LogP contribution in [-0.2, 0) is 0 Å². The zero-order valence-corrected chi connectivity index (χ0v) is 6.96. The molecule has 0 aromatic rings. The molecule has 0 saturated carbocycles. The normalized spacial score (nSPS) is 0. The van der Waals surface area contributed by atoms with Gasteiger partial charge in [-0.2, -0.15) is 0 Å². The van der Waals surface area contributed by atoms with Gasteiger partial charge in [-0.05, 0) is 0 Å². The summed E-state index contributed by atoms with van der Waals surface area (Å²) in [7, 11) is 0. The molecule has 0 fully saturated rings. The first-order chi connectivity index (χ1) is 0. The van der Waals surface area contributed by atoms with E-state index in [-0.39, 0.29) is 94.5 Å². The maximum Gasteiger partial charge on any atom is 2.00 e. The molecule has 0 nitrogen and oxygen atoms in total. The molecule has 0 N–H and O–H groups in total. The molecular formula is CH7CaCeF. The molecule has 3 heteroatoms. The molecule has 0 unspecified atom stereocenters. The van der Waals surface area contributed by atoms with E-state index in [4.69, 9.17) is 0 Å². The number of rotatable bonds is 0. The minimum Gasteiger partial charge on any atom is -1.00 e. The summed E-state index contributed by atoms with van der Waals surface area (Å²) in [5.41, 5.74) is 0. The van der Waals surface area contributed by atoms with Crippen LogP contribution in [0.4, 0.5) is 4.70 Å². The molecule has 0 rings (SSSR count). The Labute approximate surface area is 92.4 Å². The van der Waals surface area contributed by atoms with Crippen LogP contribution in [-0.4, -0.2) is 37.7 Å². The van der Waals surface area contributed by atoms with Crippen LogP contribution in [0.1, 0.15) is 10.3 Å². The Morgan fingerprint density at radius 1 is 1.25 bits per heavy atom. The van der Waals surface area contributed by atoms with Crippen molar-refractivity contribution in [1.29, 1.82) is 0 Å². The van der Waals surface area contributed by atoms with Gasteiger partial charge in [0.25, 0.3) is 0 Å². The van der Waals surface area contributed by atoms with Crippen LogP contribution in [0, 0.1) is 41.7 Å². The van der Waals surface area contributed by atoms with Gasteiger partial charge < -0.3 is 2.85 Å². The molecule has 0 bridgehead atoms. The van der Waals surface area contributed by atoms with Crippen molar-refractivity contribution in [3.8, 4) is 0 Å². The van der Waals surface area contributed by atoms with Gasteiger partial charge in [-0.15, -0.1) is 0 Å². The fourth-order valence-corrected chi connectivity index (χ4v) is 0. The van der Waals surface area contributed by atoms with Gasteiger partial charge in [0, 0.05) is 41.7 Å². The van der Waals surface area contributed by atoms with Gasteiger partial charge in [0.15, 0.2) is 0 Å². The van der Waals surface area contributed by atoms with Gasteiger partial charge in [-0.1, -0.05) is 7.43 Å². The van der Waals surface area contributed by atoms with Crippen LogP contribution >= 0.6 is 0 Å². The van der Waals surface area contributed by atoms with Gasteiger partial charge in [0.2, 0.25) is 0 Å². The van der Waals surface area contributed by atoms with Crippen LogP contribution in [0.25, 0.3) is 0 Å². The summed E-state index contributed by atoms with van der Waals surface area (Å²) in [5, 5.41) is 0. The third-order valence-electron chi connectivity index (χ3n) is 0. The molecule has 0 atom stereocenters. The average molecular weight is 218 g/mol. The molecule has 24 valence electrons. The van der Waals surface area contributed by atoms with E-state index in [0.29, 0.717) is 0 Å². The number of hydrogen-bond donors (Lipinski definition) is 0. The summed E-state index contributed by atoms with van der Waals surface area (Å²) in [6, 6.07) is 0. The van der Waals surface area contributed by atoms with Gasteiger partial charge in [-0.3, -0.25) is 4.70 Å². The van der Waals surface area contributed by atoms with Crippen molar-refractivity contribution in [3.63, 3.8) is 0 Å². The Hall–Kier alpha value is 2.57. The topological polar surface area (TPSA) is 0 Å². The fourth-order valence-electron chi connectivity index (χ4n) is 0. The van der Waals surface area contributed by atoms with Crippen molar-refractivity contribution >= 4 is 37.7 Å². The number of halogens is 1. The minimum absolute atomic E-state index is 0. The monoisotopic (exact) mass is 218 g/mol. The summed E-state index contributed by atoms with van der Waals surface area (Å²) in [6.45, 7) is 0. The summed E-state index contributed by atoms with van der Waals surface area (Å²) in [5.74, 6) is 0.